The van der Waals surface area contributed by atoms with Gasteiger partial charge in [-0.3, -0.25) is 18.6 Å². The molecule has 56 heavy (non-hydrogen) atoms. The number of esters is 2. The molecule has 0 aliphatic rings. The van der Waals surface area contributed by atoms with E-state index in [0.717, 1.165) is 25.7 Å². The summed E-state index contributed by atoms with van der Waals surface area (Å²) in [4.78, 5) is 34.8. The fraction of sp³-hybridized carbons (Fsp3) is 0.674. The summed E-state index contributed by atoms with van der Waals surface area (Å²) in [5.74, 6) is -1.06. The van der Waals surface area contributed by atoms with Crippen LogP contribution in [0.2, 0.25) is 0 Å². The van der Waals surface area contributed by atoms with Crippen molar-refractivity contribution in [2.45, 2.75) is 160 Å². The van der Waals surface area contributed by atoms with E-state index in [-0.39, 0.29) is 32.6 Å². The van der Waals surface area contributed by atoms with Gasteiger partial charge in [0.2, 0.25) is 0 Å². The molecule has 322 valence electrons. The third-order valence-electron chi connectivity index (χ3n) is 8.44. The number of phosphoric acid groups is 1. The van der Waals surface area contributed by atoms with Crippen molar-refractivity contribution in [2.75, 3.05) is 26.4 Å². The molecule has 5 atom stereocenters. The monoisotopic (exact) mass is 811 g/mol. The SMILES string of the molecule is CC/C=C\CC(O)C(O)/C=C/C=C\C=C\C=C\C(O)C/C=C/CCC(=O)OC(COC(=O)CCCCCCCCCCCCCCC)COP(=O)(O)OCCN. The van der Waals surface area contributed by atoms with Crippen LogP contribution >= 0.6 is 7.82 Å². The normalized spacial score (nSPS) is 15.8. The second-order valence-electron chi connectivity index (χ2n) is 13.7. The smallest absolute Gasteiger partial charge is 0.462 e. The quantitative estimate of drug-likeness (QED) is 0.0132. The summed E-state index contributed by atoms with van der Waals surface area (Å²) >= 11 is 0. The zero-order valence-corrected chi connectivity index (χ0v) is 35.1. The average Bonchev–Trinajstić information content (AvgIpc) is 3.17. The maximum absolute atomic E-state index is 12.5. The van der Waals surface area contributed by atoms with Gasteiger partial charge in [-0.1, -0.05) is 164 Å². The molecular weight excluding hydrogens is 737 g/mol. The number of hydrogen-bond acceptors (Lipinski definition) is 11. The van der Waals surface area contributed by atoms with Crippen molar-refractivity contribution in [3.8, 4) is 0 Å². The first kappa shape index (κ1) is 53.3. The standard InChI is InChI=1S/C43H74NO11P/c1-3-5-7-8-9-10-11-12-13-14-15-20-26-32-42(48)52-36-39(37-54-56(50,51)53-35-34-44)55-43(49)33-27-21-24-29-38(45)28-23-18-16-17-19-25-31-41(47)40(46)30-22-6-4-2/h6,16-19,21-25,28,31,38-41,45-47H,3-5,7-15,20,26-27,29-30,32-37,44H2,1-2H3,(H,50,51)/b18-16+,19-17-,22-6-,24-21+,28-23+,31-25+. The molecule has 0 radical (unpaired) electrons. The predicted octanol–water partition coefficient (Wildman–Crippen LogP) is 8.41. The zero-order valence-electron chi connectivity index (χ0n) is 34.2. The number of allylic oxidation sites excluding steroid dienone is 8. The Morgan fingerprint density at radius 3 is 1.84 bits per heavy atom. The van der Waals surface area contributed by atoms with Crippen LogP contribution in [-0.2, 0) is 32.7 Å². The first-order valence-electron chi connectivity index (χ1n) is 20.7. The number of unbranched alkanes of at least 4 members (excludes halogenated alkanes) is 12. The van der Waals surface area contributed by atoms with Crippen LogP contribution in [0, 0.1) is 0 Å². The lowest BCUT2D eigenvalue weighted by Crippen LogP contribution is -2.29. The molecule has 0 aromatic rings. The van der Waals surface area contributed by atoms with Crippen LogP contribution in [0.25, 0.3) is 0 Å². The summed E-state index contributed by atoms with van der Waals surface area (Å²) in [6, 6.07) is 0. The number of ether oxygens (including phenoxy) is 2. The Morgan fingerprint density at radius 2 is 1.23 bits per heavy atom. The molecule has 0 rings (SSSR count). The Kier molecular flexibility index (Phi) is 36.1. The average molecular weight is 812 g/mol. The van der Waals surface area contributed by atoms with E-state index >= 15 is 0 Å². The minimum atomic E-state index is -4.45. The Morgan fingerprint density at radius 1 is 0.661 bits per heavy atom. The van der Waals surface area contributed by atoms with Gasteiger partial charge in [0.05, 0.1) is 31.5 Å². The van der Waals surface area contributed by atoms with Crippen molar-refractivity contribution < 1.29 is 52.9 Å². The van der Waals surface area contributed by atoms with E-state index in [1.54, 1.807) is 54.7 Å². The second kappa shape index (κ2) is 37.9. The molecule has 0 saturated carbocycles. The van der Waals surface area contributed by atoms with Crippen LogP contribution < -0.4 is 5.73 Å². The van der Waals surface area contributed by atoms with E-state index in [1.165, 1.54) is 63.9 Å². The van der Waals surface area contributed by atoms with Gasteiger partial charge >= 0.3 is 19.8 Å². The highest BCUT2D eigenvalue weighted by Crippen LogP contribution is 2.43. The molecule has 0 aromatic heterocycles. The molecule has 12 nitrogen and oxygen atoms in total. The van der Waals surface area contributed by atoms with Crippen LogP contribution in [0.3, 0.4) is 0 Å². The van der Waals surface area contributed by atoms with Gasteiger partial charge in [0.1, 0.15) is 6.61 Å². The van der Waals surface area contributed by atoms with Gasteiger partial charge in [-0.2, -0.15) is 0 Å². The maximum atomic E-state index is 12.5. The number of aliphatic hydroxyl groups is 3. The first-order chi connectivity index (χ1) is 27.0. The maximum Gasteiger partial charge on any atom is 0.472 e. The van der Waals surface area contributed by atoms with E-state index in [9.17, 15) is 34.4 Å². The minimum absolute atomic E-state index is 0.00924. The zero-order chi connectivity index (χ0) is 41.5. The number of hydrogen-bond donors (Lipinski definition) is 5. The molecule has 0 bridgehead atoms. The molecule has 0 amide bonds. The van der Waals surface area contributed by atoms with Crippen molar-refractivity contribution in [3.63, 3.8) is 0 Å². The van der Waals surface area contributed by atoms with Gasteiger partial charge in [0.25, 0.3) is 0 Å². The Hall–Kier alpha value is -2.67. The second-order valence-corrected chi connectivity index (χ2v) is 15.2. The number of carbonyl (C=O) groups excluding carboxylic acids is 2. The van der Waals surface area contributed by atoms with Crippen LogP contribution in [0.15, 0.2) is 72.9 Å². The van der Waals surface area contributed by atoms with Crippen LogP contribution in [0.4, 0.5) is 0 Å². The lowest BCUT2D eigenvalue weighted by Gasteiger charge is -2.19. The van der Waals surface area contributed by atoms with E-state index < -0.39 is 50.8 Å². The molecule has 6 N–H and O–H groups in total. The fourth-order valence-corrected chi connectivity index (χ4v) is 5.98. The van der Waals surface area contributed by atoms with Crippen molar-refractivity contribution in [1.82, 2.24) is 0 Å². The Balaban J connectivity index is 4.53. The molecule has 0 heterocycles. The third-order valence-corrected chi connectivity index (χ3v) is 9.42. The molecule has 13 heteroatoms. The highest BCUT2D eigenvalue weighted by molar-refractivity contribution is 7.47. The van der Waals surface area contributed by atoms with Gasteiger partial charge < -0.3 is 35.4 Å². The summed E-state index contributed by atoms with van der Waals surface area (Å²) in [5, 5.41) is 30.0. The fourth-order valence-electron chi connectivity index (χ4n) is 5.22. The predicted molar refractivity (Wildman–Crippen MR) is 224 cm³/mol. The number of phosphoric ester groups is 1. The van der Waals surface area contributed by atoms with E-state index in [1.807, 2.05) is 19.1 Å². The lowest BCUT2D eigenvalue weighted by molar-refractivity contribution is -0.161. The molecule has 0 aliphatic heterocycles. The van der Waals surface area contributed by atoms with Crippen molar-refractivity contribution in [3.05, 3.63) is 72.9 Å². The highest BCUT2D eigenvalue weighted by atomic mass is 31.2. The van der Waals surface area contributed by atoms with Crippen molar-refractivity contribution in [1.29, 1.82) is 0 Å². The first-order valence-corrected chi connectivity index (χ1v) is 22.2. The van der Waals surface area contributed by atoms with Gasteiger partial charge in [-0.05, 0) is 32.1 Å². The van der Waals surface area contributed by atoms with Gasteiger partial charge in [0, 0.05) is 19.4 Å². The van der Waals surface area contributed by atoms with Crippen molar-refractivity contribution >= 4 is 19.8 Å². The summed E-state index contributed by atoms with van der Waals surface area (Å²) in [5.41, 5.74) is 5.32. The van der Waals surface area contributed by atoms with Gasteiger partial charge in [0.15, 0.2) is 6.10 Å². The van der Waals surface area contributed by atoms with Gasteiger partial charge in [-0.15, -0.1) is 0 Å². The molecule has 0 fully saturated rings. The van der Waals surface area contributed by atoms with Crippen LogP contribution in [0.1, 0.15) is 136 Å². The van der Waals surface area contributed by atoms with E-state index in [2.05, 4.69) is 6.92 Å². The molecule has 0 aliphatic carbocycles. The van der Waals surface area contributed by atoms with Crippen LogP contribution in [-0.4, -0.2) is 82.9 Å². The number of aliphatic hydroxyl groups excluding tert-OH is 3. The van der Waals surface area contributed by atoms with E-state index in [4.69, 9.17) is 24.3 Å². The topological polar surface area (TPSA) is 195 Å². The third kappa shape index (κ3) is 35.7. The molecule has 0 saturated heterocycles. The Labute approximate surface area is 337 Å². The Bertz CT molecular complexity index is 1200. The highest BCUT2D eigenvalue weighted by Gasteiger charge is 2.26. The van der Waals surface area contributed by atoms with E-state index in [0.29, 0.717) is 25.7 Å². The summed E-state index contributed by atoms with van der Waals surface area (Å²) in [6.45, 7) is 3.19. The number of carbonyl (C=O) groups is 2. The number of rotatable bonds is 37. The largest absolute Gasteiger partial charge is 0.472 e. The molecule has 5 unspecified atom stereocenters. The number of nitrogens with two attached hydrogens (primary N) is 1. The minimum Gasteiger partial charge on any atom is -0.462 e. The summed E-state index contributed by atoms with van der Waals surface area (Å²) in [7, 11) is -4.45. The lowest BCUT2D eigenvalue weighted by atomic mass is 10.0. The molecule has 0 aromatic carbocycles. The molecular formula is C43H74NO11P. The van der Waals surface area contributed by atoms with Gasteiger partial charge in [-0.25, -0.2) is 4.57 Å². The van der Waals surface area contributed by atoms with Crippen LogP contribution in [0.5, 0.6) is 0 Å². The van der Waals surface area contributed by atoms with Crippen molar-refractivity contribution in [2.24, 2.45) is 5.73 Å². The summed E-state index contributed by atoms with van der Waals surface area (Å²) in [6.07, 6.45) is 34.7. The molecule has 0 spiro atoms. The summed E-state index contributed by atoms with van der Waals surface area (Å²) < 4.78 is 32.5.